The molecular weight excluding hydrogens is 474 g/mol. The highest BCUT2D eigenvalue weighted by Gasteiger charge is 2.29. The highest BCUT2D eigenvalue weighted by molar-refractivity contribution is 7.17. The Morgan fingerprint density at radius 1 is 1.37 bits per heavy atom. The molecule has 2 aromatic heterocycles. The van der Waals surface area contributed by atoms with Crippen LogP contribution in [0.4, 0.5) is 16.4 Å². The van der Waals surface area contributed by atoms with Crippen molar-refractivity contribution in [1.29, 1.82) is 0 Å². The molecule has 3 aromatic rings. The summed E-state index contributed by atoms with van der Waals surface area (Å²) in [6.45, 7) is 3.71. The molecule has 1 aromatic carbocycles. The quantitative estimate of drug-likeness (QED) is 0.286. The zero-order valence-electron chi connectivity index (χ0n) is 19.5. The second-order valence-corrected chi connectivity index (χ2v) is 9.50. The number of amides is 1. The molecule has 0 aliphatic heterocycles. The molecule has 35 heavy (non-hydrogen) atoms. The van der Waals surface area contributed by atoms with E-state index in [1.165, 1.54) is 30.8 Å². The fourth-order valence-electron chi connectivity index (χ4n) is 4.24. The Hall–Kier alpha value is -3.80. The molecule has 12 heteroatoms. The van der Waals surface area contributed by atoms with Crippen LogP contribution < -0.4 is 16.2 Å². The van der Waals surface area contributed by atoms with Crippen molar-refractivity contribution in [2.24, 2.45) is 5.92 Å². The van der Waals surface area contributed by atoms with Gasteiger partial charge < -0.3 is 15.4 Å². The first kappa shape index (κ1) is 24.3. The van der Waals surface area contributed by atoms with E-state index in [-0.39, 0.29) is 35.4 Å². The molecule has 0 unspecified atom stereocenters. The summed E-state index contributed by atoms with van der Waals surface area (Å²) in [4.78, 5) is 54.6. The monoisotopic (exact) mass is 499 g/mol. The summed E-state index contributed by atoms with van der Waals surface area (Å²) in [5.74, 6) is -0.520. The van der Waals surface area contributed by atoms with Crippen molar-refractivity contribution in [3.05, 3.63) is 54.9 Å². The van der Waals surface area contributed by atoms with Crippen LogP contribution in [0.1, 0.15) is 41.1 Å². The average molecular weight is 500 g/mol. The Morgan fingerprint density at radius 2 is 2.14 bits per heavy atom. The van der Waals surface area contributed by atoms with Gasteiger partial charge in [0.2, 0.25) is 5.91 Å². The van der Waals surface area contributed by atoms with E-state index in [1.54, 1.807) is 6.92 Å². The largest absolute Gasteiger partial charge is 0.462 e. The van der Waals surface area contributed by atoms with Crippen molar-refractivity contribution in [3.63, 3.8) is 0 Å². The van der Waals surface area contributed by atoms with Crippen molar-refractivity contribution in [2.75, 3.05) is 24.3 Å². The highest BCUT2D eigenvalue weighted by atomic mass is 32.1. The van der Waals surface area contributed by atoms with E-state index in [9.17, 15) is 24.5 Å². The summed E-state index contributed by atoms with van der Waals surface area (Å²) in [5, 5.41) is 17.3. The maximum Gasteiger partial charge on any atom is 0.341 e. The Labute approximate surface area is 204 Å². The SMILES string of the molecule is CCOC(=O)c1c(NC(=O)Cn2cnc3cc(NC)c([N+](=O)[O-])cc3c2=O)sc2c1CC[C@@H](C)C2. The molecule has 1 amide bonds. The summed E-state index contributed by atoms with van der Waals surface area (Å²) in [7, 11) is 1.54. The van der Waals surface area contributed by atoms with Crippen molar-refractivity contribution >= 4 is 50.5 Å². The molecule has 0 saturated heterocycles. The summed E-state index contributed by atoms with van der Waals surface area (Å²) >= 11 is 1.36. The van der Waals surface area contributed by atoms with Gasteiger partial charge in [-0.2, -0.15) is 0 Å². The molecule has 11 nitrogen and oxygen atoms in total. The number of nitro groups is 1. The number of anilines is 2. The van der Waals surface area contributed by atoms with Gasteiger partial charge in [-0.05, 0) is 43.7 Å². The lowest BCUT2D eigenvalue weighted by Gasteiger charge is -2.18. The Kier molecular flexibility index (Phi) is 6.83. The lowest BCUT2D eigenvalue weighted by atomic mass is 9.88. The zero-order valence-corrected chi connectivity index (χ0v) is 20.4. The Balaban J connectivity index is 1.64. The third-order valence-corrected chi connectivity index (χ3v) is 7.14. The number of rotatable bonds is 7. The minimum Gasteiger partial charge on any atom is -0.462 e. The molecule has 0 radical (unpaired) electrons. The Bertz CT molecular complexity index is 1400. The second-order valence-electron chi connectivity index (χ2n) is 8.40. The number of esters is 1. The molecule has 1 atom stereocenters. The van der Waals surface area contributed by atoms with E-state index < -0.39 is 22.4 Å². The number of fused-ring (bicyclic) bond motifs is 2. The maximum absolute atomic E-state index is 13.0. The van der Waals surface area contributed by atoms with E-state index in [4.69, 9.17) is 4.74 Å². The number of ether oxygens (including phenoxy) is 1. The predicted octanol–water partition coefficient (Wildman–Crippen LogP) is 3.35. The normalized spacial score (nSPS) is 14.9. The second kappa shape index (κ2) is 9.82. The number of hydrogen-bond donors (Lipinski definition) is 2. The van der Waals surface area contributed by atoms with Crippen molar-refractivity contribution in [1.82, 2.24) is 9.55 Å². The number of nitrogens with one attached hydrogen (secondary N) is 2. The van der Waals surface area contributed by atoms with Gasteiger partial charge in [0.1, 0.15) is 17.2 Å². The number of carbonyl (C=O) groups excluding carboxylic acids is 2. The third-order valence-electron chi connectivity index (χ3n) is 5.97. The van der Waals surface area contributed by atoms with E-state index in [0.29, 0.717) is 16.5 Å². The van der Waals surface area contributed by atoms with Gasteiger partial charge in [0, 0.05) is 18.0 Å². The molecule has 184 valence electrons. The van der Waals surface area contributed by atoms with Crippen LogP contribution in [0.15, 0.2) is 23.3 Å². The van der Waals surface area contributed by atoms with Gasteiger partial charge in [-0.1, -0.05) is 6.92 Å². The van der Waals surface area contributed by atoms with E-state index in [2.05, 4.69) is 22.5 Å². The number of thiophene rings is 1. The predicted molar refractivity (Wildman–Crippen MR) is 132 cm³/mol. The number of aromatic nitrogens is 2. The molecule has 0 spiro atoms. The topological polar surface area (TPSA) is 145 Å². The molecule has 0 bridgehead atoms. The molecule has 2 heterocycles. The Morgan fingerprint density at radius 3 is 2.83 bits per heavy atom. The number of nitrogens with zero attached hydrogens (tertiary/aromatic N) is 3. The fourth-order valence-corrected chi connectivity index (χ4v) is 5.65. The lowest BCUT2D eigenvalue weighted by molar-refractivity contribution is -0.383. The van der Waals surface area contributed by atoms with Crippen LogP contribution in [0, 0.1) is 16.0 Å². The molecule has 2 N–H and O–H groups in total. The summed E-state index contributed by atoms with van der Waals surface area (Å²) in [5.41, 5.74) is 0.948. The van der Waals surface area contributed by atoms with Crippen LogP contribution in [-0.2, 0) is 28.9 Å². The minimum absolute atomic E-state index is 0.0267. The molecule has 0 saturated carbocycles. The van der Waals surface area contributed by atoms with Crippen molar-refractivity contribution in [3.8, 4) is 0 Å². The summed E-state index contributed by atoms with van der Waals surface area (Å²) in [6, 6.07) is 2.57. The van der Waals surface area contributed by atoms with Gasteiger partial charge in [-0.3, -0.25) is 24.3 Å². The van der Waals surface area contributed by atoms with E-state index in [0.717, 1.165) is 40.3 Å². The van der Waals surface area contributed by atoms with Gasteiger partial charge in [0.15, 0.2) is 0 Å². The van der Waals surface area contributed by atoms with Crippen LogP contribution in [-0.4, -0.2) is 40.0 Å². The van der Waals surface area contributed by atoms with Gasteiger partial charge in [-0.25, -0.2) is 9.78 Å². The van der Waals surface area contributed by atoms with Crippen LogP contribution >= 0.6 is 11.3 Å². The molecule has 0 fully saturated rings. The van der Waals surface area contributed by atoms with E-state index >= 15 is 0 Å². The minimum atomic E-state index is -0.592. The van der Waals surface area contributed by atoms with Crippen LogP contribution in [0.2, 0.25) is 0 Å². The first-order valence-corrected chi connectivity index (χ1v) is 12.0. The van der Waals surface area contributed by atoms with E-state index in [1.807, 2.05) is 0 Å². The van der Waals surface area contributed by atoms with Crippen LogP contribution in [0.3, 0.4) is 0 Å². The molecule has 1 aliphatic rings. The van der Waals surface area contributed by atoms with Crippen LogP contribution in [0.25, 0.3) is 10.9 Å². The number of nitro benzene ring substituents is 1. The highest BCUT2D eigenvalue weighted by Crippen LogP contribution is 2.40. The maximum atomic E-state index is 13.0. The standard InChI is InChI=1S/C23H25N5O6S/c1-4-34-23(31)20-13-6-5-12(2)7-18(13)35-21(20)26-19(29)10-27-11-25-15-9-16(24-3)17(28(32)33)8-14(15)22(27)30/h8-9,11-12,24H,4-7,10H2,1-3H3,(H,26,29)/t12-/m1/s1. The first-order valence-electron chi connectivity index (χ1n) is 11.2. The first-order chi connectivity index (χ1) is 16.7. The number of carbonyl (C=O) groups is 2. The van der Waals surface area contributed by atoms with Gasteiger partial charge in [0.25, 0.3) is 11.2 Å². The molecular formula is C23H25N5O6S. The van der Waals surface area contributed by atoms with Crippen molar-refractivity contribution < 1.29 is 19.2 Å². The summed E-state index contributed by atoms with van der Waals surface area (Å²) < 4.78 is 6.31. The number of hydrogen-bond acceptors (Lipinski definition) is 9. The van der Waals surface area contributed by atoms with Crippen molar-refractivity contribution in [2.45, 2.75) is 39.7 Å². The molecule has 4 rings (SSSR count). The van der Waals surface area contributed by atoms with Gasteiger partial charge >= 0.3 is 5.97 Å². The summed E-state index contributed by atoms with van der Waals surface area (Å²) in [6.07, 6.45) is 3.73. The number of benzene rings is 1. The molecule has 1 aliphatic carbocycles. The average Bonchev–Trinajstić information content (AvgIpc) is 3.16. The zero-order chi connectivity index (χ0) is 25.3. The third kappa shape index (κ3) is 4.74. The van der Waals surface area contributed by atoms with Gasteiger partial charge in [0.05, 0.1) is 34.3 Å². The smallest absolute Gasteiger partial charge is 0.341 e. The van der Waals surface area contributed by atoms with Gasteiger partial charge in [-0.15, -0.1) is 11.3 Å². The van der Waals surface area contributed by atoms with Crippen LogP contribution in [0.5, 0.6) is 0 Å². The fraction of sp³-hybridized carbons (Fsp3) is 0.391. The lowest BCUT2D eigenvalue weighted by Crippen LogP contribution is -2.28.